The fraction of sp³-hybridized carbons (Fsp3) is 0.278. The number of hydrogen-bond donors (Lipinski definition) is 0. The van der Waals surface area contributed by atoms with Crippen molar-refractivity contribution in [2.24, 2.45) is 0 Å². The molecule has 0 unspecified atom stereocenters. The molecular weight excluding hydrogens is 307 g/mol. The van der Waals surface area contributed by atoms with Gasteiger partial charge in [-0.1, -0.05) is 6.07 Å². The van der Waals surface area contributed by atoms with Crippen LogP contribution in [0.15, 0.2) is 36.5 Å². The van der Waals surface area contributed by atoms with Crippen LogP contribution in [0.4, 0.5) is 15.9 Å². The zero-order valence-electron chi connectivity index (χ0n) is 13.4. The van der Waals surface area contributed by atoms with E-state index in [2.05, 4.69) is 11.1 Å². The topological polar surface area (TPSA) is 60.2 Å². The van der Waals surface area contributed by atoms with Crippen LogP contribution in [0.3, 0.4) is 0 Å². The number of piperazine rings is 1. The number of nitriles is 1. The summed E-state index contributed by atoms with van der Waals surface area (Å²) < 4.78 is 14.0. The summed E-state index contributed by atoms with van der Waals surface area (Å²) in [5, 5.41) is 9.20. The molecule has 1 saturated heterocycles. The molecule has 1 aromatic carbocycles. The second-order valence-electron chi connectivity index (χ2n) is 5.65. The number of nitrogens with zero attached hydrogens (tertiary/aromatic N) is 4. The second-order valence-corrected chi connectivity index (χ2v) is 5.65. The molecule has 0 aliphatic carbocycles. The molecule has 3 rings (SSSR count). The van der Waals surface area contributed by atoms with Gasteiger partial charge in [-0.2, -0.15) is 5.26 Å². The lowest BCUT2D eigenvalue weighted by molar-refractivity contribution is 0.101. The zero-order chi connectivity index (χ0) is 17.1. The number of Topliss-reactive ketones (excluding diaryl/α,β-unsaturated/α-hetero) is 1. The van der Waals surface area contributed by atoms with Crippen LogP contribution >= 0.6 is 0 Å². The van der Waals surface area contributed by atoms with E-state index in [-0.39, 0.29) is 11.3 Å². The fourth-order valence-electron chi connectivity index (χ4n) is 3.02. The van der Waals surface area contributed by atoms with E-state index in [0.717, 1.165) is 0 Å². The molecule has 5 nitrogen and oxygen atoms in total. The minimum Gasteiger partial charge on any atom is -0.367 e. The molecule has 1 aliphatic heterocycles. The van der Waals surface area contributed by atoms with Gasteiger partial charge in [0.25, 0.3) is 0 Å². The van der Waals surface area contributed by atoms with E-state index in [4.69, 9.17) is 0 Å². The summed E-state index contributed by atoms with van der Waals surface area (Å²) in [5.41, 5.74) is 1.31. The molecule has 0 radical (unpaired) electrons. The summed E-state index contributed by atoms with van der Waals surface area (Å²) in [6, 6.07) is 10.3. The Bertz CT molecular complexity index is 807. The van der Waals surface area contributed by atoms with Crippen molar-refractivity contribution in [2.45, 2.75) is 6.92 Å². The first kappa shape index (κ1) is 15.9. The maximum atomic E-state index is 14.0. The summed E-state index contributed by atoms with van der Waals surface area (Å²) in [6.45, 7) is 3.95. The number of carbonyl (C=O) groups is 1. The van der Waals surface area contributed by atoms with Crippen molar-refractivity contribution in [3.8, 4) is 6.07 Å². The van der Waals surface area contributed by atoms with Gasteiger partial charge in [0.1, 0.15) is 17.7 Å². The first-order chi connectivity index (χ1) is 11.6. The van der Waals surface area contributed by atoms with E-state index in [0.29, 0.717) is 43.2 Å². The molecule has 1 aromatic heterocycles. The van der Waals surface area contributed by atoms with Gasteiger partial charge in [0, 0.05) is 32.4 Å². The Kier molecular flexibility index (Phi) is 4.43. The van der Waals surface area contributed by atoms with Crippen molar-refractivity contribution in [2.75, 3.05) is 36.0 Å². The van der Waals surface area contributed by atoms with Crippen LogP contribution in [-0.2, 0) is 0 Å². The minimum atomic E-state index is -0.487. The number of rotatable bonds is 3. The normalized spacial score (nSPS) is 14.4. The van der Waals surface area contributed by atoms with E-state index >= 15 is 0 Å². The van der Waals surface area contributed by atoms with Crippen LogP contribution in [0.2, 0.25) is 0 Å². The van der Waals surface area contributed by atoms with E-state index in [1.165, 1.54) is 13.0 Å². The second kappa shape index (κ2) is 6.67. The molecule has 0 amide bonds. The largest absolute Gasteiger partial charge is 0.367 e. The average Bonchev–Trinajstić information content (AvgIpc) is 2.61. The molecule has 0 atom stereocenters. The molecule has 1 fully saturated rings. The number of pyridine rings is 1. The first-order valence-corrected chi connectivity index (χ1v) is 7.76. The predicted octanol–water partition coefficient (Wildman–Crippen LogP) is 2.62. The molecule has 0 spiro atoms. The molecular formula is C18H17FN4O. The fourth-order valence-corrected chi connectivity index (χ4v) is 3.02. The SMILES string of the molecule is CC(=O)c1c(F)cccc1N1CCN(c2ncccc2C#N)CC1. The Labute approximate surface area is 139 Å². The molecule has 122 valence electrons. The first-order valence-electron chi connectivity index (χ1n) is 7.76. The van der Waals surface area contributed by atoms with Crippen LogP contribution in [0.5, 0.6) is 0 Å². The Morgan fingerprint density at radius 2 is 1.88 bits per heavy atom. The van der Waals surface area contributed by atoms with Crippen molar-refractivity contribution in [3.05, 3.63) is 53.5 Å². The van der Waals surface area contributed by atoms with Crippen molar-refractivity contribution in [3.63, 3.8) is 0 Å². The highest BCUT2D eigenvalue weighted by Crippen LogP contribution is 2.26. The minimum absolute atomic E-state index is 0.140. The molecule has 24 heavy (non-hydrogen) atoms. The quantitative estimate of drug-likeness (QED) is 0.812. The van der Waals surface area contributed by atoms with Gasteiger partial charge in [0.05, 0.1) is 16.8 Å². The number of hydrogen-bond acceptors (Lipinski definition) is 5. The van der Waals surface area contributed by atoms with Crippen molar-refractivity contribution in [1.29, 1.82) is 5.26 Å². The van der Waals surface area contributed by atoms with Gasteiger partial charge in [-0.25, -0.2) is 9.37 Å². The Balaban J connectivity index is 1.80. The van der Waals surface area contributed by atoms with Crippen molar-refractivity contribution >= 4 is 17.3 Å². The molecule has 1 aliphatic rings. The van der Waals surface area contributed by atoms with Gasteiger partial charge < -0.3 is 9.80 Å². The zero-order valence-corrected chi connectivity index (χ0v) is 13.4. The van der Waals surface area contributed by atoms with Gasteiger partial charge >= 0.3 is 0 Å². The Morgan fingerprint density at radius 1 is 1.17 bits per heavy atom. The van der Waals surface area contributed by atoms with E-state index in [9.17, 15) is 14.4 Å². The third-order valence-electron chi connectivity index (χ3n) is 4.17. The van der Waals surface area contributed by atoms with Crippen LogP contribution in [-0.4, -0.2) is 36.9 Å². The maximum absolute atomic E-state index is 14.0. The number of benzene rings is 1. The van der Waals surface area contributed by atoms with E-state index in [1.54, 1.807) is 30.5 Å². The van der Waals surface area contributed by atoms with Gasteiger partial charge in [-0.3, -0.25) is 4.79 Å². The Morgan fingerprint density at radius 3 is 2.54 bits per heavy atom. The van der Waals surface area contributed by atoms with Crippen LogP contribution in [0.1, 0.15) is 22.8 Å². The molecule has 6 heteroatoms. The number of ketones is 1. The van der Waals surface area contributed by atoms with E-state index in [1.807, 2.05) is 9.80 Å². The lowest BCUT2D eigenvalue weighted by Gasteiger charge is -2.37. The van der Waals surface area contributed by atoms with Gasteiger partial charge in [-0.15, -0.1) is 0 Å². The molecule has 0 bridgehead atoms. The monoisotopic (exact) mass is 324 g/mol. The maximum Gasteiger partial charge on any atom is 0.164 e. The van der Waals surface area contributed by atoms with Gasteiger partial charge in [0.15, 0.2) is 5.78 Å². The summed E-state index contributed by atoms with van der Waals surface area (Å²) in [5.74, 6) is -0.0911. The van der Waals surface area contributed by atoms with Crippen LogP contribution < -0.4 is 9.80 Å². The molecule has 0 saturated carbocycles. The molecule has 2 heterocycles. The number of halogens is 1. The number of carbonyl (C=O) groups excluding carboxylic acids is 1. The third-order valence-corrected chi connectivity index (χ3v) is 4.17. The highest BCUT2D eigenvalue weighted by atomic mass is 19.1. The lowest BCUT2D eigenvalue weighted by Crippen LogP contribution is -2.47. The summed E-state index contributed by atoms with van der Waals surface area (Å²) in [4.78, 5) is 20.1. The Hall–Kier alpha value is -2.94. The van der Waals surface area contributed by atoms with Crippen LogP contribution in [0.25, 0.3) is 0 Å². The van der Waals surface area contributed by atoms with Gasteiger partial charge in [0.2, 0.25) is 0 Å². The van der Waals surface area contributed by atoms with E-state index < -0.39 is 5.82 Å². The highest BCUT2D eigenvalue weighted by molar-refractivity contribution is 6.00. The summed E-state index contributed by atoms with van der Waals surface area (Å²) in [6.07, 6.45) is 1.67. The number of anilines is 2. The molecule has 0 N–H and O–H groups in total. The molecule has 2 aromatic rings. The van der Waals surface area contributed by atoms with Gasteiger partial charge in [-0.05, 0) is 31.2 Å². The standard InChI is InChI=1S/C18H17FN4O/c1-13(24)17-15(19)5-2-6-16(17)22-8-10-23(11-9-22)18-14(12-20)4-3-7-21-18/h2-7H,8-11H2,1H3. The summed E-state index contributed by atoms with van der Waals surface area (Å²) >= 11 is 0. The summed E-state index contributed by atoms with van der Waals surface area (Å²) in [7, 11) is 0. The highest BCUT2D eigenvalue weighted by Gasteiger charge is 2.24. The lowest BCUT2D eigenvalue weighted by atomic mass is 10.1. The predicted molar refractivity (Wildman–Crippen MR) is 89.8 cm³/mol. The third kappa shape index (κ3) is 2.93. The number of aromatic nitrogens is 1. The van der Waals surface area contributed by atoms with Crippen molar-refractivity contribution in [1.82, 2.24) is 4.98 Å². The van der Waals surface area contributed by atoms with Crippen molar-refractivity contribution < 1.29 is 9.18 Å². The average molecular weight is 324 g/mol. The van der Waals surface area contributed by atoms with Crippen LogP contribution in [0, 0.1) is 17.1 Å². The smallest absolute Gasteiger partial charge is 0.164 e.